The minimum atomic E-state index is -0.262. The lowest BCUT2D eigenvalue weighted by atomic mass is 9.66. The minimum Gasteiger partial charge on any atom is -0.308 e. The minimum absolute atomic E-state index is 0.0815. The predicted molar refractivity (Wildman–Crippen MR) is 258 cm³/mol. The lowest BCUT2D eigenvalue weighted by Crippen LogP contribution is -2.25. The zero-order chi connectivity index (χ0) is 40.3. The van der Waals surface area contributed by atoms with Crippen molar-refractivity contribution < 1.29 is 0 Å². The van der Waals surface area contributed by atoms with Crippen molar-refractivity contribution in [2.45, 2.75) is 38.5 Å². The normalized spacial score (nSPS) is 14.3. The summed E-state index contributed by atoms with van der Waals surface area (Å²) in [5.74, 6) is 0. The molecule has 0 saturated heterocycles. The Morgan fingerprint density at radius 2 is 1.07 bits per heavy atom. The highest BCUT2D eigenvalue weighted by molar-refractivity contribution is 7.26. The van der Waals surface area contributed by atoms with Crippen molar-refractivity contribution in [1.82, 2.24) is 0 Å². The first-order chi connectivity index (χ1) is 29.3. The fraction of sp³-hybridized carbons (Fsp3) is 0.103. The second-order valence-electron chi connectivity index (χ2n) is 17.6. The summed E-state index contributed by atoms with van der Waals surface area (Å²) in [6.07, 6.45) is 0. The van der Waals surface area contributed by atoms with Crippen LogP contribution in [0.3, 0.4) is 0 Å². The van der Waals surface area contributed by atoms with E-state index in [-0.39, 0.29) is 10.8 Å². The second-order valence-corrected chi connectivity index (χ2v) is 18.7. The van der Waals surface area contributed by atoms with E-state index >= 15 is 0 Å². The Kier molecular flexibility index (Phi) is 7.56. The molecule has 0 spiro atoms. The molecule has 1 heterocycles. The van der Waals surface area contributed by atoms with Gasteiger partial charge in [0.15, 0.2) is 0 Å². The molecule has 9 aromatic carbocycles. The average Bonchev–Trinajstić information content (AvgIpc) is 3.78. The van der Waals surface area contributed by atoms with Gasteiger partial charge in [0.1, 0.15) is 0 Å². The lowest BCUT2D eigenvalue weighted by molar-refractivity contribution is 0.646. The molecule has 0 saturated carbocycles. The van der Waals surface area contributed by atoms with E-state index in [0.717, 1.165) is 5.69 Å². The van der Waals surface area contributed by atoms with Gasteiger partial charge in [0.05, 0.1) is 16.1 Å². The maximum atomic E-state index is 2.54. The summed E-state index contributed by atoms with van der Waals surface area (Å²) >= 11 is 1.89. The van der Waals surface area contributed by atoms with E-state index in [4.69, 9.17) is 0 Å². The summed E-state index contributed by atoms with van der Waals surface area (Å²) in [5.41, 5.74) is 19.0. The summed E-state index contributed by atoms with van der Waals surface area (Å²) in [6, 6.07) is 70.4. The van der Waals surface area contributed by atoms with Crippen LogP contribution in [0.2, 0.25) is 0 Å². The molecule has 0 aliphatic heterocycles. The molecular weight excluding hydrogens is 743 g/mol. The summed E-state index contributed by atoms with van der Waals surface area (Å²) in [7, 11) is 0. The third-order valence-electron chi connectivity index (χ3n) is 13.6. The van der Waals surface area contributed by atoms with Gasteiger partial charge >= 0.3 is 0 Å². The number of nitrogens with zero attached hydrogens (tertiary/aromatic N) is 1. The van der Waals surface area contributed by atoms with Crippen LogP contribution in [-0.4, -0.2) is 0 Å². The molecule has 1 aromatic heterocycles. The molecule has 0 amide bonds. The van der Waals surface area contributed by atoms with Crippen LogP contribution in [0.1, 0.15) is 49.9 Å². The summed E-state index contributed by atoms with van der Waals surface area (Å²) in [4.78, 5) is 2.54. The van der Waals surface area contributed by atoms with E-state index in [2.05, 4.69) is 221 Å². The van der Waals surface area contributed by atoms with Crippen molar-refractivity contribution in [2.24, 2.45) is 0 Å². The van der Waals surface area contributed by atoms with Gasteiger partial charge in [-0.25, -0.2) is 0 Å². The fourth-order valence-corrected chi connectivity index (χ4v) is 12.0. The van der Waals surface area contributed by atoms with Gasteiger partial charge in [0, 0.05) is 37.6 Å². The van der Waals surface area contributed by atoms with Gasteiger partial charge in [0.25, 0.3) is 0 Å². The van der Waals surface area contributed by atoms with E-state index in [1.807, 2.05) is 11.3 Å². The molecule has 12 rings (SSSR count). The molecule has 286 valence electrons. The highest BCUT2D eigenvalue weighted by atomic mass is 32.1. The number of benzene rings is 9. The fourth-order valence-electron chi connectivity index (χ4n) is 10.8. The molecule has 0 radical (unpaired) electrons. The van der Waals surface area contributed by atoms with Crippen molar-refractivity contribution >= 4 is 59.3 Å². The molecular formula is C58H43NS. The van der Waals surface area contributed by atoms with Crippen LogP contribution >= 0.6 is 11.3 Å². The van der Waals surface area contributed by atoms with Gasteiger partial charge in [-0.05, 0) is 108 Å². The standard InChI is InChI=1S/C58H43NS/c1-57(2)47-23-10-8-18-42(47)43-33-29-39(35-49(43)57)41-20-13-22-46-54-50(34-30-38-17-12-24-48(53(38)54)58(3,4)55(41)46)59(40-31-27-37(28-32-40)36-15-6-5-7-16-36)51-25-14-21-45-44-19-9-11-26-52(44)60-56(45)51/h5-35H,1-4H3. The second kappa shape index (κ2) is 12.9. The van der Waals surface area contributed by atoms with Crippen LogP contribution in [0.5, 0.6) is 0 Å². The third-order valence-corrected chi connectivity index (χ3v) is 14.9. The first-order valence-electron chi connectivity index (χ1n) is 21.1. The molecule has 0 unspecified atom stereocenters. The molecule has 0 fully saturated rings. The van der Waals surface area contributed by atoms with E-state index in [1.54, 1.807) is 0 Å². The van der Waals surface area contributed by atoms with Crippen LogP contribution in [0.15, 0.2) is 188 Å². The topological polar surface area (TPSA) is 3.24 Å². The molecule has 2 aliphatic carbocycles. The van der Waals surface area contributed by atoms with Crippen LogP contribution < -0.4 is 4.90 Å². The Labute approximate surface area is 355 Å². The molecule has 0 bridgehead atoms. The van der Waals surface area contributed by atoms with Gasteiger partial charge in [-0.3, -0.25) is 0 Å². The van der Waals surface area contributed by atoms with Gasteiger partial charge < -0.3 is 4.90 Å². The molecule has 2 heteroatoms. The number of hydrogen-bond donors (Lipinski definition) is 0. The van der Waals surface area contributed by atoms with Gasteiger partial charge in [-0.15, -0.1) is 11.3 Å². The molecule has 2 aliphatic rings. The summed E-state index contributed by atoms with van der Waals surface area (Å²) in [6.45, 7) is 9.64. The number of thiophene rings is 1. The zero-order valence-corrected chi connectivity index (χ0v) is 35.1. The highest BCUT2D eigenvalue weighted by Gasteiger charge is 2.39. The van der Waals surface area contributed by atoms with Crippen molar-refractivity contribution in [2.75, 3.05) is 4.90 Å². The quantitative estimate of drug-likeness (QED) is 0.168. The molecule has 0 atom stereocenters. The van der Waals surface area contributed by atoms with E-state index in [1.165, 1.54) is 109 Å². The first-order valence-corrected chi connectivity index (χ1v) is 21.9. The SMILES string of the molecule is CC1(C)c2ccccc2-c2ccc(-c3cccc4c3C(C)(C)c3cccc5ccc(N(c6ccc(-c7ccccc7)cc6)c6cccc7c6sc6ccccc67)c-4c35)cc21. The molecule has 0 N–H and O–H groups in total. The lowest BCUT2D eigenvalue weighted by Gasteiger charge is -2.39. The monoisotopic (exact) mass is 785 g/mol. The maximum absolute atomic E-state index is 2.54. The summed E-state index contributed by atoms with van der Waals surface area (Å²) < 4.78 is 2.59. The predicted octanol–water partition coefficient (Wildman–Crippen LogP) is 16.6. The molecule has 60 heavy (non-hydrogen) atoms. The Bertz CT molecular complexity index is 3370. The number of rotatable bonds is 5. The number of anilines is 3. The van der Waals surface area contributed by atoms with Crippen LogP contribution in [0, 0.1) is 0 Å². The van der Waals surface area contributed by atoms with Crippen LogP contribution in [-0.2, 0) is 10.8 Å². The Hall–Kier alpha value is -6.74. The maximum Gasteiger partial charge on any atom is 0.0640 e. The number of hydrogen-bond acceptors (Lipinski definition) is 2. The van der Waals surface area contributed by atoms with Gasteiger partial charge in [-0.1, -0.05) is 179 Å². The molecule has 1 nitrogen and oxygen atoms in total. The van der Waals surface area contributed by atoms with Crippen molar-refractivity contribution in [1.29, 1.82) is 0 Å². The average molecular weight is 786 g/mol. The molecule has 10 aromatic rings. The van der Waals surface area contributed by atoms with E-state index in [9.17, 15) is 0 Å². The van der Waals surface area contributed by atoms with Gasteiger partial charge in [0.2, 0.25) is 0 Å². The van der Waals surface area contributed by atoms with E-state index in [0.29, 0.717) is 0 Å². The van der Waals surface area contributed by atoms with Crippen LogP contribution in [0.4, 0.5) is 17.1 Å². The van der Waals surface area contributed by atoms with Crippen molar-refractivity contribution in [3.8, 4) is 44.5 Å². The van der Waals surface area contributed by atoms with Crippen LogP contribution in [0.25, 0.3) is 75.5 Å². The first kappa shape index (κ1) is 35.2. The zero-order valence-electron chi connectivity index (χ0n) is 34.3. The van der Waals surface area contributed by atoms with Gasteiger partial charge in [-0.2, -0.15) is 0 Å². The third kappa shape index (κ3) is 4.98. The van der Waals surface area contributed by atoms with E-state index < -0.39 is 0 Å². The number of fused-ring (bicyclic) bond motifs is 8. The Balaban J connectivity index is 1.13. The van der Waals surface area contributed by atoms with Crippen molar-refractivity contribution in [3.63, 3.8) is 0 Å². The summed E-state index contributed by atoms with van der Waals surface area (Å²) in [5, 5.41) is 5.20. The largest absolute Gasteiger partial charge is 0.308 e. The smallest absolute Gasteiger partial charge is 0.0640 e. The Morgan fingerprint density at radius 3 is 1.93 bits per heavy atom. The highest BCUT2D eigenvalue weighted by Crippen LogP contribution is 2.57. The Morgan fingerprint density at radius 1 is 0.417 bits per heavy atom. The van der Waals surface area contributed by atoms with Crippen molar-refractivity contribution in [3.05, 3.63) is 210 Å².